The summed E-state index contributed by atoms with van der Waals surface area (Å²) in [7, 11) is 0. The number of hydrogen-bond donors (Lipinski definition) is 1. The van der Waals surface area contributed by atoms with Gasteiger partial charge in [-0.05, 0) is 32.4 Å². The summed E-state index contributed by atoms with van der Waals surface area (Å²) >= 11 is 0. The standard InChI is InChI=1S/C13H16FN3O/c1-8-10(3)18-13(17-8)7-16-9(2)11-4-12(14)6-15-5-11/h4-6,9,16H,7H2,1-3H3. The molecule has 96 valence electrons. The molecular weight excluding hydrogens is 233 g/mol. The van der Waals surface area contributed by atoms with Crippen LogP contribution in [0.4, 0.5) is 4.39 Å². The Morgan fingerprint density at radius 2 is 2.17 bits per heavy atom. The van der Waals surface area contributed by atoms with Crippen LogP contribution in [-0.2, 0) is 6.54 Å². The molecule has 4 nitrogen and oxygen atoms in total. The number of nitrogens with zero attached hydrogens (tertiary/aromatic N) is 2. The highest BCUT2D eigenvalue weighted by Gasteiger charge is 2.09. The van der Waals surface area contributed by atoms with Gasteiger partial charge in [-0.15, -0.1) is 0 Å². The quantitative estimate of drug-likeness (QED) is 0.905. The summed E-state index contributed by atoms with van der Waals surface area (Å²) < 4.78 is 18.5. The maximum atomic E-state index is 13.0. The number of pyridine rings is 1. The second kappa shape index (κ2) is 5.27. The number of halogens is 1. The third-order valence-electron chi connectivity index (χ3n) is 2.86. The van der Waals surface area contributed by atoms with Crippen molar-refractivity contribution in [3.8, 4) is 0 Å². The van der Waals surface area contributed by atoms with Gasteiger partial charge in [0, 0.05) is 12.2 Å². The Bertz CT molecular complexity index is 519. The lowest BCUT2D eigenvalue weighted by molar-refractivity contribution is 0.431. The van der Waals surface area contributed by atoms with Crippen molar-refractivity contribution in [3.05, 3.63) is 47.2 Å². The smallest absolute Gasteiger partial charge is 0.208 e. The largest absolute Gasteiger partial charge is 0.444 e. The second-order valence-corrected chi connectivity index (χ2v) is 4.29. The molecule has 0 bridgehead atoms. The predicted molar refractivity (Wildman–Crippen MR) is 65.4 cm³/mol. The summed E-state index contributed by atoms with van der Waals surface area (Å²) in [6.07, 6.45) is 2.84. The Hall–Kier alpha value is -1.75. The average molecular weight is 249 g/mol. The molecule has 0 saturated carbocycles. The van der Waals surface area contributed by atoms with Gasteiger partial charge in [0.15, 0.2) is 0 Å². The molecule has 1 atom stereocenters. The molecule has 5 heteroatoms. The molecule has 0 aliphatic rings. The third kappa shape index (κ3) is 2.92. The number of rotatable bonds is 4. The van der Waals surface area contributed by atoms with Gasteiger partial charge < -0.3 is 9.73 Å². The molecule has 2 heterocycles. The fraction of sp³-hybridized carbons (Fsp3) is 0.385. The van der Waals surface area contributed by atoms with Gasteiger partial charge in [0.1, 0.15) is 11.6 Å². The first-order chi connectivity index (χ1) is 8.56. The first kappa shape index (κ1) is 12.7. The highest BCUT2D eigenvalue weighted by Crippen LogP contribution is 2.14. The van der Waals surface area contributed by atoms with E-state index in [1.54, 1.807) is 6.20 Å². The molecule has 0 spiro atoms. The second-order valence-electron chi connectivity index (χ2n) is 4.29. The number of nitrogens with one attached hydrogen (secondary N) is 1. The van der Waals surface area contributed by atoms with Gasteiger partial charge >= 0.3 is 0 Å². The third-order valence-corrected chi connectivity index (χ3v) is 2.86. The average Bonchev–Trinajstić information content (AvgIpc) is 2.66. The first-order valence-corrected chi connectivity index (χ1v) is 5.83. The molecule has 1 unspecified atom stereocenters. The van der Waals surface area contributed by atoms with Crippen LogP contribution in [0.3, 0.4) is 0 Å². The van der Waals surface area contributed by atoms with Crippen molar-refractivity contribution < 1.29 is 8.81 Å². The fourth-order valence-electron chi connectivity index (χ4n) is 1.64. The zero-order valence-corrected chi connectivity index (χ0v) is 10.7. The van der Waals surface area contributed by atoms with E-state index in [-0.39, 0.29) is 11.9 Å². The number of oxazole rings is 1. The monoisotopic (exact) mass is 249 g/mol. The minimum Gasteiger partial charge on any atom is -0.444 e. The molecule has 0 saturated heterocycles. The Morgan fingerprint density at radius 3 is 2.78 bits per heavy atom. The molecule has 1 N–H and O–H groups in total. The summed E-state index contributed by atoms with van der Waals surface area (Å²) in [5.41, 5.74) is 1.70. The van der Waals surface area contributed by atoms with Crippen molar-refractivity contribution in [3.63, 3.8) is 0 Å². The number of aryl methyl sites for hydroxylation is 2. The van der Waals surface area contributed by atoms with Crippen LogP contribution in [-0.4, -0.2) is 9.97 Å². The van der Waals surface area contributed by atoms with Crippen LogP contribution < -0.4 is 5.32 Å². The normalized spacial score (nSPS) is 12.7. The summed E-state index contributed by atoms with van der Waals surface area (Å²) in [6, 6.07) is 1.46. The molecule has 0 aliphatic heterocycles. The van der Waals surface area contributed by atoms with Gasteiger partial charge in [-0.25, -0.2) is 9.37 Å². The Morgan fingerprint density at radius 1 is 1.39 bits per heavy atom. The van der Waals surface area contributed by atoms with Crippen molar-refractivity contribution in [1.29, 1.82) is 0 Å². The highest BCUT2D eigenvalue weighted by atomic mass is 19.1. The lowest BCUT2D eigenvalue weighted by Gasteiger charge is -2.12. The van der Waals surface area contributed by atoms with Crippen LogP contribution in [0.25, 0.3) is 0 Å². The zero-order valence-electron chi connectivity index (χ0n) is 10.7. The molecule has 18 heavy (non-hydrogen) atoms. The van der Waals surface area contributed by atoms with E-state index in [0.717, 1.165) is 17.0 Å². The predicted octanol–water partition coefficient (Wildman–Crippen LogP) is 2.68. The van der Waals surface area contributed by atoms with Gasteiger partial charge in [-0.2, -0.15) is 0 Å². The Balaban J connectivity index is 1.98. The summed E-state index contributed by atoms with van der Waals surface area (Å²) in [4.78, 5) is 8.10. The number of hydrogen-bond acceptors (Lipinski definition) is 4. The van der Waals surface area contributed by atoms with Crippen molar-refractivity contribution in [1.82, 2.24) is 15.3 Å². The molecule has 0 aromatic carbocycles. The minimum absolute atomic E-state index is 0.0132. The molecule has 0 radical (unpaired) electrons. The van der Waals surface area contributed by atoms with Crippen LogP contribution in [0.15, 0.2) is 22.9 Å². The molecular formula is C13H16FN3O. The van der Waals surface area contributed by atoms with Crippen LogP contribution in [0.2, 0.25) is 0 Å². The zero-order chi connectivity index (χ0) is 13.1. The maximum absolute atomic E-state index is 13.0. The van der Waals surface area contributed by atoms with Crippen molar-refractivity contribution in [2.24, 2.45) is 0 Å². The fourth-order valence-corrected chi connectivity index (χ4v) is 1.64. The maximum Gasteiger partial charge on any atom is 0.208 e. The van der Waals surface area contributed by atoms with Gasteiger partial charge in [-0.3, -0.25) is 4.98 Å². The lowest BCUT2D eigenvalue weighted by Crippen LogP contribution is -2.18. The van der Waals surface area contributed by atoms with Crippen LogP contribution in [0, 0.1) is 19.7 Å². The lowest BCUT2D eigenvalue weighted by atomic mass is 10.1. The van der Waals surface area contributed by atoms with Crippen LogP contribution in [0.1, 0.15) is 35.9 Å². The summed E-state index contributed by atoms with van der Waals surface area (Å²) in [5, 5.41) is 3.22. The van der Waals surface area contributed by atoms with E-state index in [9.17, 15) is 4.39 Å². The summed E-state index contributed by atoms with van der Waals surface area (Å²) in [5.74, 6) is 1.14. The van der Waals surface area contributed by atoms with Crippen molar-refractivity contribution in [2.45, 2.75) is 33.4 Å². The highest BCUT2D eigenvalue weighted by molar-refractivity contribution is 5.14. The number of aromatic nitrogens is 2. The Labute approximate surface area is 105 Å². The molecule has 2 aromatic rings. The van der Waals surface area contributed by atoms with Gasteiger partial charge in [0.05, 0.1) is 18.4 Å². The molecule has 0 fully saturated rings. The van der Waals surface area contributed by atoms with E-state index >= 15 is 0 Å². The molecule has 0 aliphatic carbocycles. The first-order valence-electron chi connectivity index (χ1n) is 5.83. The van der Waals surface area contributed by atoms with E-state index in [1.165, 1.54) is 12.3 Å². The van der Waals surface area contributed by atoms with Crippen LogP contribution >= 0.6 is 0 Å². The van der Waals surface area contributed by atoms with Gasteiger partial charge in [0.2, 0.25) is 5.89 Å². The van der Waals surface area contributed by atoms with Crippen molar-refractivity contribution >= 4 is 0 Å². The molecule has 2 aromatic heterocycles. The molecule has 0 amide bonds. The van der Waals surface area contributed by atoms with Crippen LogP contribution in [0.5, 0.6) is 0 Å². The summed E-state index contributed by atoms with van der Waals surface area (Å²) in [6.45, 7) is 6.24. The topological polar surface area (TPSA) is 51.0 Å². The van der Waals surface area contributed by atoms with Gasteiger partial charge in [0.25, 0.3) is 0 Å². The van der Waals surface area contributed by atoms with E-state index in [2.05, 4.69) is 15.3 Å². The van der Waals surface area contributed by atoms with E-state index in [0.29, 0.717) is 12.4 Å². The Kier molecular flexibility index (Phi) is 3.72. The minimum atomic E-state index is -0.330. The van der Waals surface area contributed by atoms with E-state index in [4.69, 9.17) is 4.42 Å². The SMILES string of the molecule is Cc1nc(CNC(C)c2cncc(F)c2)oc1C. The van der Waals surface area contributed by atoms with E-state index < -0.39 is 0 Å². The van der Waals surface area contributed by atoms with Crippen molar-refractivity contribution in [2.75, 3.05) is 0 Å². The van der Waals surface area contributed by atoms with Gasteiger partial charge in [-0.1, -0.05) is 0 Å². The van der Waals surface area contributed by atoms with E-state index in [1.807, 2.05) is 20.8 Å². The molecule has 2 rings (SSSR count).